The molecule has 1 fully saturated rings. The Labute approximate surface area is 113 Å². The SMILES string of the molecule is CC(C)CCN(C)C(C)CC(C)(C#N)NC1CC1. The first kappa shape index (κ1) is 15.5. The van der Waals surface area contributed by atoms with Crippen molar-refractivity contribution in [2.45, 2.75) is 71.0 Å². The van der Waals surface area contributed by atoms with E-state index in [-0.39, 0.29) is 5.54 Å². The Morgan fingerprint density at radius 2 is 2.00 bits per heavy atom. The van der Waals surface area contributed by atoms with Gasteiger partial charge in [0.1, 0.15) is 5.54 Å². The molecule has 0 aromatic heterocycles. The highest BCUT2D eigenvalue weighted by molar-refractivity contribution is 5.08. The molecule has 1 saturated carbocycles. The van der Waals surface area contributed by atoms with Crippen molar-refractivity contribution in [3.05, 3.63) is 0 Å². The molecule has 1 rings (SSSR count). The summed E-state index contributed by atoms with van der Waals surface area (Å²) in [5, 5.41) is 12.9. The Morgan fingerprint density at radius 3 is 2.44 bits per heavy atom. The average molecular weight is 251 g/mol. The van der Waals surface area contributed by atoms with Crippen LogP contribution in [0.4, 0.5) is 0 Å². The third-order valence-corrected chi connectivity index (χ3v) is 3.86. The number of rotatable bonds is 8. The molecular weight excluding hydrogens is 222 g/mol. The summed E-state index contributed by atoms with van der Waals surface area (Å²) in [6.07, 6.45) is 4.58. The average Bonchev–Trinajstić information content (AvgIpc) is 3.09. The van der Waals surface area contributed by atoms with Gasteiger partial charge in [-0.3, -0.25) is 5.32 Å². The van der Waals surface area contributed by atoms with Crippen molar-refractivity contribution in [1.29, 1.82) is 5.26 Å². The van der Waals surface area contributed by atoms with Gasteiger partial charge in [-0.2, -0.15) is 5.26 Å². The minimum absolute atomic E-state index is 0.368. The predicted octanol–water partition coefficient (Wildman–Crippen LogP) is 2.78. The van der Waals surface area contributed by atoms with Gasteiger partial charge < -0.3 is 4.90 Å². The lowest BCUT2D eigenvalue weighted by Gasteiger charge is -2.32. The van der Waals surface area contributed by atoms with Crippen LogP contribution in [0.1, 0.15) is 53.4 Å². The fourth-order valence-electron chi connectivity index (χ4n) is 2.24. The molecule has 0 bridgehead atoms. The van der Waals surface area contributed by atoms with Gasteiger partial charge in [0.15, 0.2) is 0 Å². The number of nitrogens with one attached hydrogen (secondary N) is 1. The summed E-state index contributed by atoms with van der Waals surface area (Å²) in [6, 6.07) is 3.49. The van der Waals surface area contributed by atoms with Crippen LogP contribution in [0.15, 0.2) is 0 Å². The topological polar surface area (TPSA) is 39.1 Å². The first-order valence-electron chi connectivity index (χ1n) is 7.25. The van der Waals surface area contributed by atoms with Crippen molar-refractivity contribution in [3.8, 4) is 6.07 Å². The molecule has 0 amide bonds. The van der Waals surface area contributed by atoms with Crippen molar-refractivity contribution >= 4 is 0 Å². The van der Waals surface area contributed by atoms with Crippen molar-refractivity contribution in [3.63, 3.8) is 0 Å². The van der Waals surface area contributed by atoms with Crippen LogP contribution in [0.5, 0.6) is 0 Å². The van der Waals surface area contributed by atoms with Gasteiger partial charge in [-0.15, -0.1) is 0 Å². The zero-order chi connectivity index (χ0) is 13.8. The van der Waals surface area contributed by atoms with Crippen LogP contribution in [-0.2, 0) is 0 Å². The Hall–Kier alpha value is -0.590. The van der Waals surface area contributed by atoms with E-state index in [4.69, 9.17) is 0 Å². The Morgan fingerprint density at radius 1 is 1.39 bits per heavy atom. The molecule has 0 heterocycles. The van der Waals surface area contributed by atoms with E-state index in [0.717, 1.165) is 18.9 Å². The van der Waals surface area contributed by atoms with Gasteiger partial charge in [-0.05, 0) is 59.0 Å². The molecule has 0 saturated heterocycles. The molecule has 1 aliphatic rings. The number of hydrogen-bond donors (Lipinski definition) is 1. The molecule has 0 radical (unpaired) electrons. The highest BCUT2D eigenvalue weighted by Gasteiger charge is 2.34. The van der Waals surface area contributed by atoms with Gasteiger partial charge in [0.2, 0.25) is 0 Å². The summed E-state index contributed by atoms with van der Waals surface area (Å²) in [7, 11) is 2.17. The molecule has 0 aliphatic heterocycles. The zero-order valence-electron chi connectivity index (χ0n) is 12.7. The van der Waals surface area contributed by atoms with E-state index in [1.807, 2.05) is 6.92 Å². The Bertz CT molecular complexity index is 291. The fourth-order valence-corrected chi connectivity index (χ4v) is 2.24. The van der Waals surface area contributed by atoms with Gasteiger partial charge in [0.25, 0.3) is 0 Å². The quantitative estimate of drug-likeness (QED) is 0.721. The van der Waals surface area contributed by atoms with Crippen LogP contribution in [0.25, 0.3) is 0 Å². The van der Waals surface area contributed by atoms with E-state index >= 15 is 0 Å². The minimum atomic E-state index is -0.368. The van der Waals surface area contributed by atoms with E-state index in [1.165, 1.54) is 19.3 Å². The minimum Gasteiger partial charge on any atom is -0.304 e. The number of nitrogens with zero attached hydrogens (tertiary/aromatic N) is 2. The standard InChI is InChI=1S/C15H29N3/c1-12(2)8-9-18(5)13(3)10-15(4,11-16)17-14-6-7-14/h12-14,17H,6-10H2,1-5H3. The van der Waals surface area contributed by atoms with Crippen molar-refractivity contribution in [1.82, 2.24) is 10.2 Å². The summed E-state index contributed by atoms with van der Waals surface area (Å²) < 4.78 is 0. The summed E-state index contributed by atoms with van der Waals surface area (Å²) in [5.41, 5.74) is -0.368. The summed E-state index contributed by atoms with van der Waals surface area (Å²) >= 11 is 0. The maximum atomic E-state index is 9.38. The third kappa shape index (κ3) is 5.37. The smallest absolute Gasteiger partial charge is 0.105 e. The van der Waals surface area contributed by atoms with Crippen molar-refractivity contribution in [2.24, 2.45) is 5.92 Å². The molecule has 0 aromatic carbocycles. The van der Waals surface area contributed by atoms with Crippen LogP contribution in [0.3, 0.4) is 0 Å². The van der Waals surface area contributed by atoms with Crippen molar-refractivity contribution in [2.75, 3.05) is 13.6 Å². The van der Waals surface area contributed by atoms with Gasteiger partial charge >= 0.3 is 0 Å². The van der Waals surface area contributed by atoms with Gasteiger partial charge in [-0.25, -0.2) is 0 Å². The molecule has 1 N–H and O–H groups in total. The maximum Gasteiger partial charge on any atom is 0.105 e. The molecular formula is C15H29N3. The van der Waals surface area contributed by atoms with E-state index in [9.17, 15) is 5.26 Å². The summed E-state index contributed by atoms with van der Waals surface area (Å²) in [6.45, 7) is 9.89. The van der Waals surface area contributed by atoms with Crippen LogP contribution in [-0.4, -0.2) is 36.1 Å². The zero-order valence-corrected chi connectivity index (χ0v) is 12.7. The second-order valence-corrected chi connectivity index (χ2v) is 6.58. The van der Waals surface area contributed by atoms with Gasteiger partial charge in [0.05, 0.1) is 6.07 Å². The third-order valence-electron chi connectivity index (χ3n) is 3.86. The predicted molar refractivity (Wildman–Crippen MR) is 76.3 cm³/mol. The summed E-state index contributed by atoms with van der Waals surface area (Å²) in [5.74, 6) is 0.742. The molecule has 104 valence electrons. The summed E-state index contributed by atoms with van der Waals surface area (Å²) in [4.78, 5) is 2.38. The largest absolute Gasteiger partial charge is 0.304 e. The molecule has 0 spiro atoms. The molecule has 1 aliphatic carbocycles. The van der Waals surface area contributed by atoms with Gasteiger partial charge in [-0.1, -0.05) is 13.8 Å². The van der Waals surface area contributed by atoms with E-state index in [0.29, 0.717) is 12.1 Å². The lowest BCUT2D eigenvalue weighted by Crippen LogP contribution is -2.47. The van der Waals surface area contributed by atoms with Crippen LogP contribution in [0.2, 0.25) is 0 Å². The Balaban J connectivity index is 2.40. The molecule has 0 aromatic rings. The molecule has 18 heavy (non-hydrogen) atoms. The second-order valence-electron chi connectivity index (χ2n) is 6.58. The highest BCUT2D eigenvalue weighted by atomic mass is 15.1. The Kier molecular flexibility index (Phi) is 5.62. The normalized spacial score (nSPS) is 20.8. The maximum absolute atomic E-state index is 9.38. The molecule has 3 heteroatoms. The first-order valence-corrected chi connectivity index (χ1v) is 7.25. The van der Waals surface area contributed by atoms with Gasteiger partial charge in [0, 0.05) is 12.1 Å². The lowest BCUT2D eigenvalue weighted by atomic mass is 9.94. The first-order chi connectivity index (χ1) is 8.36. The van der Waals surface area contributed by atoms with E-state index in [2.05, 4.69) is 44.1 Å². The highest BCUT2D eigenvalue weighted by Crippen LogP contribution is 2.25. The second kappa shape index (κ2) is 6.54. The monoisotopic (exact) mass is 251 g/mol. The van der Waals surface area contributed by atoms with E-state index in [1.54, 1.807) is 0 Å². The van der Waals surface area contributed by atoms with Crippen LogP contribution in [0, 0.1) is 17.2 Å². The molecule has 2 atom stereocenters. The number of nitriles is 1. The van der Waals surface area contributed by atoms with Crippen LogP contribution < -0.4 is 5.32 Å². The molecule has 3 nitrogen and oxygen atoms in total. The molecule has 2 unspecified atom stereocenters. The van der Waals surface area contributed by atoms with Crippen molar-refractivity contribution < 1.29 is 0 Å². The number of hydrogen-bond acceptors (Lipinski definition) is 3. The fraction of sp³-hybridized carbons (Fsp3) is 0.933. The van der Waals surface area contributed by atoms with E-state index < -0.39 is 0 Å². The lowest BCUT2D eigenvalue weighted by molar-refractivity contribution is 0.203. The van der Waals surface area contributed by atoms with Crippen LogP contribution >= 0.6 is 0 Å².